The van der Waals surface area contributed by atoms with Gasteiger partial charge in [-0.3, -0.25) is 9.59 Å². The van der Waals surface area contributed by atoms with E-state index < -0.39 is 11.5 Å². The van der Waals surface area contributed by atoms with Crippen molar-refractivity contribution in [2.45, 2.75) is 39.7 Å². The van der Waals surface area contributed by atoms with Crippen LogP contribution in [0.2, 0.25) is 5.02 Å². The molecule has 0 radical (unpaired) electrons. The van der Waals surface area contributed by atoms with E-state index in [1.54, 1.807) is 13.0 Å². The summed E-state index contributed by atoms with van der Waals surface area (Å²) in [5.41, 5.74) is 0.506. The van der Waals surface area contributed by atoms with Gasteiger partial charge in [0.2, 0.25) is 0 Å². The Bertz CT molecular complexity index is 791. The summed E-state index contributed by atoms with van der Waals surface area (Å²) in [5.74, 6) is 0.0966. The van der Waals surface area contributed by atoms with E-state index in [1.807, 2.05) is 39.0 Å². The van der Waals surface area contributed by atoms with Crippen molar-refractivity contribution in [3.63, 3.8) is 0 Å². The Kier molecular flexibility index (Phi) is 4.90. The van der Waals surface area contributed by atoms with Gasteiger partial charge in [0.1, 0.15) is 11.4 Å². The van der Waals surface area contributed by atoms with Gasteiger partial charge in [0.25, 0.3) is 11.5 Å². The number of nitrogens with zero attached hydrogens (tertiary/aromatic N) is 1. The highest BCUT2D eigenvalue weighted by atomic mass is 35.5. The van der Waals surface area contributed by atoms with Gasteiger partial charge in [-0.25, -0.2) is 4.98 Å². The molecule has 1 aromatic heterocycles. The van der Waals surface area contributed by atoms with Gasteiger partial charge in [0.15, 0.2) is 0 Å². The van der Waals surface area contributed by atoms with E-state index in [0.29, 0.717) is 16.5 Å². The number of carbonyl (C=O) groups excluding carboxylic acids is 1. The molecule has 0 bridgehead atoms. The molecule has 0 saturated heterocycles. The van der Waals surface area contributed by atoms with Crippen molar-refractivity contribution in [3.05, 3.63) is 62.3 Å². The number of amides is 1. The second-order valence-electron chi connectivity index (χ2n) is 6.40. The highest BCUT2D eigenvalue weighted by molar-refractivity contribution is 6.31. The number of benzene rings is 1. The first-order valence-corrected chi connectivity index (χ1v) is 7.71. The van der Waals surface area contributed by atoms with Crippen molar-refractivity contribution in [1.29, 1.82) is 0 Å². The van der Waals surface area contributed by atoms with E-state index in [-0.39, 0.29) is 17.5 Å². The number of halogens is 1. The van der Waals surface area contributed by atoms with Crippen LogP contribution in [0.4, 0.5) is 0 Å². The number of aromatic nitrogens is 2. The van der Waals surface area contributed by atoms with Gasteiger partial charge in [0, 0.05) is 17.0 Å². The molecule has 5 nitrogen and oxygen atoms in total. The van der Waals surface area contributed by atoms with Crippen LogP contribution in [-0.2, 0) is 12.0 Å². The molecule has 0 unspecified atom stereocenters. The summed E-state index contributed by atoms with van der Waals surface area (Å²) in [4.78, 5) is 31.6. The van der Waals surface area contributed by atoms with Crippen LogP contribution in [0, 0.1) is 6.92 Å². The molecule has 1 heterocycles. The van der Waals surface area contributed by atoms with Crippen molar-refractivity contribution >= 4 is 17.5 Å². The summed E-state index contributed by atoms with van der Waals surface area (Å²) in [7, 11) is 0. The van der Waals surface area contributed by atoms with Crippen LogP contribution in [0.5, 0.6) is 0 Å². The monoisotopic (exact) mass is 333 g/mol. The highest BCUT2D eigenvalue weighted by Crippen LogP contribution is 2.18. The molecule has 0 atom stereocenters. The topological polar surface area (TPSA) is 74.8 Å². The standard InChI is InChI=1S/C17H20ClN3O2/c1-10-13(15(23)21-16(20-10)17(2,3)4)14(22)19-9-11-7-5-6-8-12(11)18/h5-8H,9H2,1-4H3,(H,19,22)(H,20,21,23). The van der Waals surface area contributed by atoms with Gasteiger partial charge >= 0.3 is 0 Å². The zero-order chi connectivity index (χ0) is 17.2. The van der Waals surface area contributed by atoms with Gasteiger partial charge in [0.05, 0.1) is 5.69 Å². The normalized spacial score (nSPS) is 11.3. The second kappa shape index (κ2) is 6.54. The number of nitrogens with one attached hydrogen (secondary N) is 2. The molecule has 6 heteroatoms. The molecule has 122 valence electrons. The molecule has 1 amide bonds. The smallest absolute Gasteiger partial charge is 0.264 e. The SMILES string of the molecule is Cc1nc(C(C)(C)C)[nH]c(=O)c1C(=O)NCc1ccccc1Cl. The van der Waals surface area contributed by atoms with Gasteiger partial charge in [-0.1, -0.05) is 50.6 Å². The lowest BCUT2D eigenvalue weighted by Crippen LogP contribution is -2.33. The van der Waals surface area contributed by atoms with Crippen molar-refractivity contribution in [1.82, 2.24) is 15.3 Å². The average molecular weight is 334 g/mol. The third-order valence-corrected chi connectivity index (χ3v) is 3.80. The first-order chi connectivity index (χ1) is 10.7. The van der Waals surface area contributed by atoms with E-state index in [2.05, 4.69) is 15.3 Å². The lowest BCUT2D eigenvalue weighted by molar-refractivity contribution is 0.0948. The van der Waals surface area contributed by atoms with Crippen LogP contribution >= 0.6 is 11.6 Å². The maximum absolute atomic E-state index is 12.3. The van der Waals surface area contributed by atoms with Crippen molar-refractivity contribution in [2.24, 2.45) is 0 Å². The van der Waals surface area contributed by atoms with Crippen LogP contribution in [0.1, 0.15) is 48.2 Å². The van der Waals surface area contributed by atoms with Gasteiger partial charge < -0.3 is 10.3 Å². The summed E-state index contributed by atoms with van der Waals surface area (Å²) < 4.78 is 0. The van der Waals surface area contributed by atoms with Gasteiger partial charge in [-0.15, -0.1) is 0 Å². The number of aromatic amines is 1. The molecule has 2 rings (SSSR count). The minimum absolute atomic E-state index is 0.0325. The van der Waals surface area contributed by atoms with Crippen molar-refractivity contribution < 1.29 is 4.79 Å². The van der Waals surface area contributed by atoms with Crippen LogP contribution < -0.4 is 10.9 Å². The number of carbonyl (C=O) groups is 1. The lowest BCUT2D eigenvalue weighted by Gasteiger charge is -2.18. The fourth-order valence-corrected chi connectivity index (χ4v) is 2.32. The molecule has 0 aliphatic rings. The molecule has 0 aliphatic heterocycles. The lowest BCUT2D eigenvalue weighted by atomic mass is 9.95. The van der Waals surface area contributed by atoms with Crippen LogP contribution in [-0.4, -0.2) is 15.9 Å². The van der Waals surface area contributed by atoms with Gasteiger partial charge in [-0.05, 0) is 18.6 Å². The number of H-pyrrole nitrogens is 1. The minimum atomic E-state index is -0.461. The Morgan fingerprint density at radius 2 is 1.96 bits per heavy atom. The zero-order valence-electron chi connectivity index (χ0n) is 13.7. The number of hydrogen-bond acceptors (Lipinski definition) is 3. The molecule has 0 spiro atoms. The van der Waals surface area contributed by atoms with Gasteiger partial charge in [-0.2, -0.15) is 0 Å². The fraction of sp³-hybridized carbons (Fsp3) is 0.353. The zero-order valence-corrected chi connectivity index (χ0v) is 14.4. The van der Waals surface area contributed by atoms with E-state index in [9.17, 15) is 9.59 Å². The molecule has 2 aromatic rings. The Hall–Kier alpha value is -2.14. The maximum Gasteiger partial charge on any atom is 0.264 e. The number of hydrogen-bond donors (Lipinski definition) is 2. The second-order valence-corrected chi connectivity index (χ2v) is 6.81. The van der Waals surface area contributed by atoms with Crippen molar-refractivity contribution in [3.8, 4) is 0 Å². The first kappa shape index (κ1) is 17.2. The molecular weight excluding hydrogens is 314 g/mol. The Balaban J connectivity index is 2.24. The molecule has 1 aromatic carbocycles. The molecular formula is C17H20ClN3O2. The summed E-state index contributed by atoms with van der Waals surface area (Å²) in [5, 5.41) is 3.28. The van der Waals surface area contributed by atoms with Crippen LogP contribution in [0.15, 0.2) is 29.1 Å². The van der Waals surface area contributed by atoms with E-state index in [0.717, 1.165) is 5.56 Å². The molecule has 2 N–H and O–H groups in total. The fourth-order valence-electron chi connectivity index (χ4n) is 2.11. The first-order valence-electron chi connectivity index (χ1n) is 7.33. The number of aryl methyl sites for hydroxylation is 1. The Morgan fingerprint density at radius 3 is 2.52 bits per heavy atom. The summed E-state index contributed by atoms with van der Waals surface area (Å²) in [6.45, 7) is 7.75. The Morgan fingerprint density at radius 1 is 1.30 bits per heavy atom. The third-order valence-electron chi connectivity index (χ3n) is 3.44. The van der Waals surface area contributed by atoms with Crippen LogP contribution in [0.25, 0.3) is 0 Å². The summed E-state index contributed by atoms with van der Waals surface area (Å²) in [6.07, 6.45) is 0. The number of rotatable bonds is 3. The summed E-state index contributed by atoms with van der Waals surface area (Å²) in [6, 6.07) is 7.23. The average Bonchev–Trinajstić information content (AvgIpc) is 2.44. The molecule has 0 aliphatic carbocycles. The quantitative estimate of drug-likeness (QED) is 0.906. The van der Waals surface area contributed by atoms with Crippen molar-refractivity contribution in [2.75, 3.05) is 0 Å². The van der Waals surface area contributed by atoms with Crippen LogP contribution in [0.3, 0.4) is 0 Å². The maximum atomic E-state index is 12.3. The largest absolute Gasteiger partial charge is 0.348 e. The highest BCUT2D eigenvalue weighted by Gasteiger charge is 2.22. The van der Waals surface area contributed by atoms with E-state index >= 15 is 0 Å². The van der Waals surface area contributed by atoms with E-state index in [4.69, 9.17) is 11.6 Å². The predicted molar refractivity (Wildman–Crippen MR) is 90.9 cm³/mol. The molecule has 23 heavy (non-hydrogen) atoms. The van der Waals surface area contributed by atoms with E-state index in [1.165, 1.54) is 0 Å². The predicted octanol–water partition coefficient (Wildman–Crippen LogP) is 2.96. The molecule has 0 saturated carbocycles. The Labute approximate surface area is 140 Å². The summed E-state index contributed by atoms with van der Waals surface area (Å²) >= 11 is 6.06. The third kappa shape index (κ3) is 3.99. The minimum Gasteiger partial charge on any atom is -0.348 e. The molecule has 0 fully saturated rings.